The van der Waals surface area contributed by atoms with Gasteiger partial charge >= 0.3 is 6.09 Å². The maximum absolute atomic E-state index is 12.1. The summed E-state index contributed by atoms with van der Waals surface area (Å²) in [6.45, 7) is 8.19. The van der Waals surface area contributed by atoms with Crippen molar-refractivity contribution in [2.45, 2.75) is 63.5 Å². The van der Waals surface area contributed by atoms with Crippen LogP contribution >= 0.6 is 0 Å². The standard InChI is InChI=1S/C18H27NO5S/c1-14-7-9-16(10-8-14)25(21,22)23-13-5-6-15-11-12-19(15)17(20)24-18(2,3)4/h7-10,15H,5-6,11-13H2,1-4H3. The minimum atomic E-state index is -3.72. The van der Waals surface area contributed by atoms with E-state index in [2.05, 4.69) is 0 Å². The molecule has 0 aliphatic carbocycles. The molecule has 7 heteroatoms. The number of aryl methyl sites for hydroxylation is 1. The number of likely N-dealkylation sites (tertiary alicyclic amines) is 1. The van der Waals surface area contributed by atoms with Crippen molar-refractivity contribution in [3.05, 3.63) is 29.8 Å². The van der Waals surface area contributed by atoms with Gasteiger partial charge in [0.2, 0.25) is 0 Å². The van der Waals surface area contributed by atoms with E-state index in [0.717, 1.165) is 12.0 Å². The fraction of sp³-hybridized carbons (Fsp3) is 0.611. The molecular formula is C18H27NO5S. The van der Waals surface area contributed by atoms with Crippen LogP contribution in [0.2, 0.25) is 0 Å². The van der Waals surface area contributed by atoms with E-state index in [-0.39, 0.29) is 23.6 Å². The largest absolute Gasteiger partial charge is 0.444 e. The molecule has 1 aromatic rings. The Morgan fingerprint density at radius 3 is 2.40 bits per heavy atom. The Hall–Kier alpha value is -1.60. The predicted octanol–water partition coefficient (Wildman–Crippen LogP) is 3.49. The average Bonchev–Trinajstić information content (AvgIpc) is 2.44. The number of hydrogen-bond acceptors (Lipinski definition) is 5. The van der Waals surface area contributed by atoms with Crippen molar-refractivity contribution in [1.29, 1.82) is 0 Å². The highest BCUT2D eigenvalue weighted by Crippen LogP contribution is 2.25. The predicted molar refractivity (Wildman–Crippen MR) is 94.9 cm³/mol. The SMILES string of the molecule is Cc1ccc(S(=O)(=O)OCCCC2CCN2C(=O)OC(C)(C)C)cc1. The zero-order valence-corrected chi connectivity index (χ0v) is 16.1. The molecule has 25 heavy (non-hydrogen) atoms. The van der Waals surface area contributed by atoms with E-state index in [1.54, 1.807) is 29.2 Å². The zero-order chi connectivity index (χ0) is 18.7. The second-order valence-electron chi connectivity index (χ2n) is 7.35. The van der Waals surface area contributed by atoms with Gasteiger partial charge in [0.15, 0.2) is 0 Å². The lowest BCUT2D eigenvalue weighted by Crippen LogP contribution is -2.52. The monoisotopic (exact) mass is 369 g/mol. The van der Waals surface area contributed by atoms with E-state index in [9.17, 15) is 13.2 Å². The molecule has 1 amide bonds. The van der Waals surface area contributed by atoms with Crippen LogP contribution < -0.4 is 0 Å². The summed E-state index contributed by atoms with van der Waals surface area (Å²) in [6, 6.07) is 6.66. The van der Waals surface area contributed by atoms with E-state index >= 15 is 0 Å². The van der Waals surface area contributed by atoms with Gasteiger partial charge in [-0.05, 0) is 59.1 Å². The maximum atomic E-state index is 12.1. The molecule has 6 nitrogen and oxygen atoms in total. The van der Waals surface area contributed by atoms with Crippen LogP contribution in [0.3, 0.4) is 0 Å². The molecule has 1 unspecified atom stereocenters. The Bertz CT molecular complexity index is 691. The Kier molecular flexibility index (Phi) is 6.11. The average molecular weight is 369 g/mol. The number of hydrogen-bond donors (Lipinski definition) is 0. The van der Waals surface area contributed by atoms with Gasteiger partial charge < -0.3 is 9.64 Å². The third-order valence-corrected chi connectivity index (χ3v) is 5.33. The van der Waals surface area contributed by atoms with Gasteiger partial charge in [-0.3, -0.25) is 4.18 Å². The van der Waals surface area contributed by atoms with Gasteiger partial charge in [-0.15, -0.1) is 0 Å². The van der Waals surface area contributed by atoms with Crippen LogP contribution in [0.15, 0.2) is 29.2 Å². The summed E-state index contributed by atoms with van der Waals surface area (Å²) in [7, 11) is -3.72. The van der Waals surface area contributed by atoms with Crippen LogP contribution in [0.4, 0.5) is 4.79 Å². The summed E-state index contributed by atoms with van der Waals surface area (Å²) in [5.74, 6) is 0. The van der Waals surface area contributed by atoms with Crippen molar-refractivity contribution in [3.63, 3.8) is 0 Å². The lowest BCUT2D eigenvalue weighted by molar-refractivity contribution is -0.00751. The minimum absolute atomic E-state index is 0.0977. The van der Waals surface area contributed by atoms with Crippen molar-refractivity contribution in [2.24, 2.45) is 0 Å². The highest BCUT2D eigenvalue weighted by atomic mass is 32.2. The fourth-order valence-corrected chi connectivity index (χ4v) is 3.51. The first kappa shape index (κ1) is 19.7. The first-order valence-electron chi connectivity index (χ1n) is 8.54. The molecule has 1 fully saturated rings. The first-order chi connectivity index (χ1) is 11.6. The molecule has 1 aromatic carbocycles. The number of carbonyl (C=O) groups is 1. The van der Waals surface area contributed by atoms with Crippen LogP contribution in [0.5, 0.6) is 0 Å². The zero-order valence-electron chi connectivity index (χ0n) is 15.3. The smallest absolute Gasteiger partial charge is 0.410 e. The molecule has 0 spiro atoms. The van der Waals surface area contributed by atoms with Crippen molar-refractivity contribution >= 4 is 16.2 Å². The second-order valence-corrected chi connectivity index (χ2v) is 8.96. The van der Waals surface area contributed by atoms with E-state index in [4.69, 9.17) is 8.92 Å². The first-order valence-corrected chi connectivity index (χ1v) is 9.95. The lowest BCUT2D eigenvalue weighted by Gasteiger charge is -2.41. The van der Waals surface area contributed by atoms with E-state index in [0.29, 0.717) is 19.4 Å². The van der Waals surface area contributed by atoms with Crippen LogP contribution in [-0.2, 0) is 19.0 Å². The third kappa shape index (κ3) is 5.71. The summed E-state index contributed by atoms with van der Waals surface area (Å²) in [5, 5.41) is 0. The van der Waals surface area contributed by atoms with Gasteiger partial charge in [-0.2, -0.15) is 8.42 Å². The molecule has 1 atom stereocenters. The molecule has 0 saturated carbocycles. The van der Waals surface area contributed by atoms with Crippen LogP contribution in [-0.4, -0.2) is 44.2 Å². The van der Waals surface area contributed by atoms with Gasteiger partial charge in [-0.25, -0.2) is 4.79 Å². The van der Waals surface area contributed by atoms with Crippen molar-refractivity contribution in [3.8, 4) is 0 Å². The number of amides is 1. The number of nitrogens with zero attached hydrogens (tertiary/aromatic N) is 1. The Balaban J connectivity index is 1.76. The van der Waals surface area contributed by atoms with E-state index < -0.39 is 15.7 Å². The summed E-state index contributed by atoms with van der Waals surface area (Å²) in [5.41, 5.74) is 0.480. The summed E-state index contributed by atoms with van der Waals surface area (Å²) in [6.07, 6.45) is 1.86. The Morgan fingerprint density at radius 1 is 1.24 bits per heavy atom. The number of benzene rings is 1. The van der Waals surface area contributed by atoms with Gasteiger partial charge in [0.1, 0.15) is 5.60 Å². The van der Waals surface area contributed by atoms with E-state index in [1.165, 1.54) is 0 Å². The van der Waals surface area contributed by atoms with Gasteiger partial charge in [0.05, 0.1) is 11.5 Å². The second kappa shape index (κ2) is 7.74. The third-order valence-electron chi connectivity index (χ3n) is 4.00. The lowest BCUT2D eigenvalue weighted by atomic mass is 9.99. The summed E-state index contributed by atoms with van der Waals surface area (Å²) in [4.78, 5) is 13.9. The summed E-state index contributed by atoms with van der Waals surface area (Å²) >= 11 is 0. The molecular weight excluding hydrogens is 342 g/mol. The highest BCUT2D eigenvalue weighted by molar-refractivity contribution is 7.86. The van der Waals surface area contributed by atoms with E-state index in [1.807, 2.05) is 27.7 Å². The van der Waals surface area contributed by atoms with Crippen molar-refractivity contribution in [1.82, 2.24) is 4.90 Å². The molecule has 0 aromatic heterocycles. The highest BCUT2D eigenvalue weighted by Gasteiger charge is 2.34. The van der Waals surface area contributed by atoms with Crippen molar-refractivity contribution < 1.29 is 22.1 Å². The van der Waals surface area contributed by atoms with Gasteiger partial charge in [-0.1, -0.05) is 17.7 Å². The topological polar surface area (TPSA) is 72.9 Å². The molecule has 1 aliphatic heterocycles. The molecule has 0 N–H and O–H groups in total. The van der Waals surface area contributed by atoms with Crippen LogP contribution in [0.25, 0.3) is 0 Å². The Morgan fingerprint density at radius 2 is 1.88 bits per heavy atom. The fourth-order valence-electron chi connectivity index (χ4n) is 2.56. The Labute approximate surface area is 150 Å². The van der Waals surface area contributed by atoms with Crippen LogP contribution in [0, 0.1) is 6.92 Å². The van der Waals surface area contributed by atoms with Gasteiger partial charge in [0.25, 0.3) is 10.1 Å². The van der Waals surface area contributed by atoms with Crippen LogP contribution in [0.1, 0.15) is 45.6 Å². The molecule has 2 rings (SSSR count). The van der Waals surface area contributed by atoms with Gasteiger partial charge in [0, 0.05) is 12.6 Å². The number of ether oxygens (including phenoxy) is 1. The normalized spacial score (nSPS) is 17.9. The number of carbonyl (C=O) groups excluding carboxylic acids is 1. The minimum Gasteiger partial charge on any atom is -0.444 e. The maximum Gasteiger partial charge on any atom is 0.410 e. The van der Waals surface area contributed by atoms with Crippen molar-refractivity contribution in [2.75, 3.05) is 13.2 Å². The molecule has 0 bridgehead atoms. The molecule has 1 aliphatic rings. The molecule has 0 radical (unpaired) electrons. The molecule has 1 saturated heterocycles. The molecule has 140 valence electrons. The number of rotatable bonds is 6. The quantitative estimate of drug-likeness (QED) is 0.567. The summed E-state index contributed by atoms with van der Waals surface area (Å²) < 4.78 is 34.6. The molecule has 1 heterocycles.